The van der Waals surface area contributed by atoms with Crippen molar-refractivity contribution in [2.24, 2.45) is 0 Å². The zero-order valence-corrected chi connectivity index (χ0v) is 16.1. The van der Waals surface area contributed by atoms with Crippen molar-refractivity contribution in [3.8, 4) is 11.5 Å². The first-order valence-corrected chi connectivity index (χ1v) is 9.51. The quantitative estimate of drug-likeness (QED) is 0.273. The molecule has 2 aromatic carbocycles. The number of benzene rings is 2. The summed E-state index contributed by atoms with van der Waals surface area (Å²) in [5, 5.41) is 23.9. The van der Waals surface area contributed by atoms with Crippen LogP contribution in [0.4, 0.5) is 11.4 Å². The highest BCUT2D eigenvalue weighted by Gasteiger charge is 2.33. The minimum Gasteiger partial charge on any atom is -0.468 e. The summed E-state index contributed by atoms with van der Waals surface area (Å²) in [6, 6.07) is 8.25. The molecule has 0 saturated heterocycles. The first-order chi connectivity index (χ1) is 13.6. The number of carbonyl (C=O) groups excluding carboxylic acids is 1. The summed E-state index contributed by atoms with van der Waals surface area (Å²) in [4.78, 5) is 31.9. The largest absolute Gasteiger partial charge is 0.513 e. The van der Waals surface area contributed by atoms with Gasteiger partial charge in [-0.05, 0) is 31.2 Å². The molecule has 0 aromatic heterocycles. The van der Waals surface area contributed by atoms with Crippen LogP contribution in [0, 0.1) is 20.2 Å². The number of nitrogens with zero attached hydrogens (tertiary/aromatic N) is 2. The maximum Gasteiger partial charge on any atom is 0.513 e. The second-order valence-corrected chi connectivity index (χ2v) is 7.17. The van der Waals surface area contributed by atoms with Gasteiger partial charge in [0.05, 0.1) is 17.0 Å². The van der Waals surface area contributed by atoms with E-state index in [1.807, 2.05) is 0 Å². The Bertz CT molecular complexity index is 884. The molecule has 0 aliphatic carbocycles. The Hall–Kier alpha value is -3.50. The van der Waals surface area contributed by atoms with Crippen LogP contribution >= 0.6 is 7.75 Å². The van der Waals surface area contributed by atoms with E-state index in [2.05, 4.69) is 9.82 Å². The van der Waals surface area contributed by atoms with Crippen molar-refractivity contribution in [2.45, 2.75) is 13.0 Å². The summed E-state index contributed by atoms with van der Waals surface area (Å²) in [5.41, 5.74) is -0.418. The van der Waals surface area contributed by atoms with Crippen LogP contribution in [0.1, 0.15) is 6.92 Å². The van der Waals surface area contributed by atoms with E-state index in [9.17, 15) is 29.6 Å². The molecule has 1 N–H and O–H groups in total. The number of hydrogen-bond donors (Lipinski definition) is 1. The summed E-state index contributed by atoms with van der Waals surface area (Å²) in [6.45, 7) is 1.36. The number of rotatable bonds is 9. The zero-order valence-electron chi connectivity index (χ0n) is 15.2. The Morgan fingerprint density at radius 3 is 1.62 bits per heavy atom. The lowest BCUT2D eigenvalue weighted by Crippen LogP contribution is -2.35. The van der Waals surface area contributed by atoms with Gasteiger partial charge in [-0.3, -0.25) is 25.0 Å². The van der Waals surface area contributed by atoms with Crippen LogP contribution in [0.2, 0.25) is 0 Å². The zero-order chi connectivity index (χ0) is 21.6. The minimum absolute atomic E-state index is 0.0367. The van der Waals surface area contributed by atoms with Crippen molar-refractivity contribution in [1.82, 2.24) is 5.09 Å². The first-order valence-electron chi connectivity index (χ1n) is 7.97. The smallest absolute Gasteiger partial charge is 0.468 e. The Kier molecular flexibility index (Phi) is 6.86. The molecule has 29 heavy (non-hydrogen) atoms. The molecule has 2 aromatic rings. The third-order valence-electron chi connectivity index (χ3n) is 3.45. The molecule has 0 bridgehead atoms. The summed E-state index contributed by atoms with van der Waals surface area (Å²) in [6.07, 6.45) is 0. The normalized spacial score (nSPS) is 11.9. The van der Waals surface area contributed by atoms with Crippen LogP contribution in [0.15, 0.2) is 48.5 Å². The molecule has 0 unspecified atom stereocenters. The molecule has 1 atom stereocenters. The number of nitro groups is 2. The van der Waals surface area contributed by atoms with Gasteiger partial charge in [0, 0.05) is 24.3 Å². The lowest BCUT2D eigenvalue weighted by atomic mass is 10.3. The van der Waals surface area contributed by atoms with E-state index in [1.54, 1.807) is 0 Å². The fourth-order valence-corrected chi connectivity index (χ4v) is 3.59. The molecule has 0 saturated carbocycles. The van der Waals surface area contributed by atoms with E-state index < -0.39 is 29.6 Å². The van der Waals surface area contributed by atoms with Crippen LogP contribution in [-0.4, -0.2) is 29.0 Å². The Morgan fingerprint density at radius 1 is 0.931 bits per heavy atom. The highest BCUT2D eigenvalue weighted by atomic mass is 31.2. The maximum atomic E-state index is 13.2. The summed E-state index contributed by atoms with van der Waals surface area (Å²) in [5.74, 6) is -0.819. The van der Waals surface area contributed by atoms with Crippen LogP contribution < -0.4 is 14.1 Å². The fraction of sp³-hybridized carbons (Fsp3) is 0.188. The number of esters is 1. The molecule has 0 aliphatic heterocycles. The van der Waals surface area contributed by atoms with Crippen molar-refractivity contribution in [1.29, 1.82) is 0 Å². The van der Waals surface area contributed by atoms with Gasteiger partial charge in [0.15, 0.2) is 0 Å². The molecule has 154 valence electrons. The number of non-ortho nitro benzene ring substituents is 2. The van der Waals surface area contributed by atoms with Crippen LogP contribution in [0.5, 0.6) is 11.5 Å². The van der Waals surface area contributed by atoms with Gasteiger partial charge in [0.25, 0.3) is 11.4 Å². The minimum atomic E-state index is -4.25. The van der Waals surface area contributed by atoms with E-state index >= 15 is 0 Å². The molecule has 2 rings (SSSR count). The van der Waals surface area contributed by atoms with Gasteiger partial charge in [-0.15, -0.1) is 0 Å². The van der Waals surface area contributed by atoms with Crippen molar-refractivity contribution >= 4 is 25.1 Å². The number of hydrogen-bond acceptors (Lipinski definition) is 9. The average Bonchev–Trinajstić information content (AvgIpc) is 2.67. The number of nitrogens with one attached hydrogen (secondary N) is 1. The van der Waals surface area contributed by atoms with E-state index in [1.165, 1.54) is 31.2 Å². The Balaban J connectivity index is 2.29. The van der Waals surface area contributed by atoms with Crippen molar-refractivity contribution in [3.63, 3.8) is 0 Å². The molecule has 13 heteroatoms. The second kappa shape index (κ2) is 9.13. The lowest BCUT2D eigenvalue weighted by Gasteiger charge is -2.22. The molecule has 0 heterocycles. The van der Waals surface area contributed by atoms with Crippen molar-refractivity contribution < 1.29 is 33.0 Å². The first kappa shape index (κ1) is 21.8. The van der Waals surface area contributed by atoms with Gasteiger partial charge < -0.3 is 13.8 Å². The summed E-state index contributed by atoms with van der Waals surface area (Å²) < 4.78 is 28.4. The van der Waals surface area contributed by atoms with Crippen molar-refractivity contribution in [3.05, 3.63) is 68.8 Å². The fourth-order valence-electron chi connectivity index (χ4n) is 2.07. The van der Waals surface area contributed by atoms with Gasteiger partial charge in [-0.1, -0.05) is 0 Å². The van der Waals surface area contributed by atoms with E-state index in [0.717, 1.165) is 31.4 Å². The topological polar surface area (TPSA) is 160 Å². The SMILES string of the molecule is COC(=O)[C@H](C)NP(=O)(Oc1ccc([N+](=O)[O-])cc1)Oc1ccc([N+](=O)[O-])cc1. The van der Waals surface area contributed by atoms with Gasteiger partial charge in [0.2, 0.25) is 0 Å². The van der Waals surface area contributed by atoms with E-state index in [-0.39, 0.29) is 22.9 Å². The molecule has 0 radical (unpaired) electrons. The third-order valence-corrected chi connectivity index (χ3v) is 5.06. The van der Waals surface area contributed by atoms with Gasteiger partial charge in [0.1, 0.15) is 17.5 Å². The number of carbonyl (C=O) groups is 1. The second-order valence-electron chi connectivity index (χ2n) is 5.56. The molecule has 0 aliphatic rings. The van der Waals surface area contributed by atoms with Gasteiger partial charge in [-0.25, -0.2) is 4.57 Å². The molecule has 0 amide bonds. The van der Waals surface area contributed by atoms with Crippen LogP contribution in [0.25, 0.3) is 0 Å². The monoisotopic (exact) mass is 425 g/mol. The Labute approximate surface area is 164 Å². The third kappa shape index (κ3) is 5.99. The lowest BCUT2D eigenvalue weighted by molar-refractivity contribution is -0.385. The van der Waals surface area contributed by atoms with E-state index in [0.29, 0.717) is 0 Å². The summed E-state index contributed by atoms with van der Waals surface area (Å²) >= 11 is 0. The number of ether oxygens (including phenoxy) is 1. The van der Waals surface area contributed by atoms with Crippen LogP contribution in [0.3, 0.4) is 0 Å². The number of methoxy groups -OCH3 is 1. The van der Waals surface area contributed by atoms with Crippen LogP contribution in [-0.2, 0) is 14.1 Å². The Morgan fingerprint density at radius 2 is 1.31 bits per heavy atom. The molecular formula is C16H16N3O9P. The molecule has 0 fully saturated rings. The molecular weight excluding hydrogens is 409 g/mol. The summed E-state index contributed by atoms with van der Waals surface area (Å²) in [7, 11) is -3.12. The highest BCUT2D eigenvalue weighted by Crippen LogP contribution is 2.45. The predicted octanol–water partition coefficient (Wildman–Crippen LogP) is 3.22. The van der Waals surface area contributed by atoms with E-state index in [4.69, 9.17) is 9.05 Å². The van der Waals surface area contributed by atoms with Crippen molar-refractivity contribution in [2.75, 3.05) is 7.11 Å². The average molecular weight is 425 g/mol. The molecule has 12 nitrogen and oxygen atoms in total. The maximum absolute atomic E-state index is 13.2. The number of nitro benzene ring substituents is 2. The van der Waals surface area contributed by atoms with Gasteiger partial charge >= 0.3 is 13.7 Å². The molecule has 0 spiro atoms. The van der Waals surface area contributed by atoms with Gasteiger partial charge in [-0.2, -0.15) is 5.09 Å². The standard InChI is InChI=1S/C16H16N3O9P/c1-11(16(20)26-2)17-29(25,27-14-7-3-12(4-8-14)18(21)22)28-15-9-5-13(6-10-15)19(23)24/h3-11H,1-2H3,(H,17,25)/t11-/m0/s1. The highest BCUT2D eigenvalue weighted by molar-refractivity contribution is 7.52. The predicted molar refractivity (Wildman–Crippen MR) is 99.7 cm³/mol.